The van der Waals surface area contributed by atoms with Gasteiger partial charge in [-0.3, -0.25) is 9.80 Å². The Morgan fingerprint density at radius 1 is 1.26 bits per heavy atom. The Labute approximate surface area is 199 Å². The van der Waals surface area contributed by atoms with E-state index in [2.05, 4.69) is 33.8 Å². The number of likely N-dealkylation sites (tertiary alicyclic amines) is 2. The van der Waals surface area contributed by atoms with Crippen molar-refractivity contribution in [2.24, 2.45) is 0 Å². The smallest absolute Gasteiger partial charge is 0.335 e. The summed E-state index contributed by atoms with van der Waals surface area (Å²) >= 11 is 0. The highest BCUT2D eigenvalue weighted by atomic mass is 19.1. The summed E-state index contributed by atoms with van der Waals surface area (Å²) in [5.74, 6) is -0.0302. The van der Waals surface area contributed by atoms with Gasteiger partial charge in [0.05, 0.1) is 12.7 Å². The highest BCUT2D eigenvalue weighted by molar-refractivity contribution is 5.88. The zero-order valence-electron chi connectivity index (χ0n) is 19.8. The third kappa shape index (κ3) is 3.77. The molecule has 0 amide bonds. The Bertz CT molecular complexity index is 1190. The monoisotopic (exact) mass is 465 g/mol. The fourth-order valence-corrected chi connectivity index (χ4v) is 6.20. The zero-order chi connectivity index (χ0) is 23.9. The molecule has 2 bridgehead atoms. The molecule has 2 fully saturated rings. The molecule has 2 saturated heterocycles. The predicted octanol–water partition coefficient (Wildman–Crippen LogP) is 4.72. The summed E-state index contributed by atoms with van der Waals surface area (Å²) in [4.78, 5) is 19.7. The lowest BCUT2D eigenvalue weighted by atomic mass is 9.72. The van der Waals surface area contributed by atoms with Crippen molar-refractivity contribution in [3.63, 3.8) is 0 Å². The number of aromatic carboxylic acids is 1. The van der Waals surface area contributed by atoms with E-state index in [1.165, 1.54) is 5.39 Å². The third-order valence-electron chi connectivity index (χ3n) is 7.96. The molecule has 2 aromatic carbocycles. The van der Waals surface area contributed by atoms with Crippen LogP contribution in [0.25, 0.3) is 10.9 Å². The van der Waals surface area contributed by atoms with Crippen LogP contribution in [0.4, 0.5) is 4.39 Å². The number of fused-ring (bicyclic) bond motifs is 3. The molecular weight excluding hydrogens is 433 g/mol. The number of carbonyl (C=O) groups is 1. The number of aryl methyl sites for hydroxylation is 1. The molecular formula is C27H32FN3O3. The van der Waals surface area contributed by atoms with Crippen molar-refractivity contribution >= 4 is 16.9 Å². The number of aromatic nitrogens is 1. The average molecular weight is 466 g/mol. The lowest BCUT2D eigenvalue weighted by Gasteiger charge is -2.56. The lowest BCUT2D eigenvalue weighted by Crippen LogP contribution is -2.61. The van der Waals surface area contributed by atoms with E-state index >= 15 is 0 Å². The van der Waals surface area contributed by atoms with Gasteiger partial charge in [0.1, 0.15) is 12.4 Å². The summed E-state index contributed by atoms with van der Waals surface area (Å²) in [5, 5.41) is 10.6. The van der Waals surface area contributed by atoms with Crippen LogP contribution in [0.5, 0.6) is 5.75 Å². The molecule has 2 atom stereocenters. The maximum Gasteiger partial charge on any atom is 0.335 e. The number of hydrogen-bond donors (Lipinski definition) is 2. The number of nitrogens with one attached hydrogen (secondary N) is 1. The molecule has 0 aliphatic carbocycles. The highest BCUT2D eigenvalue weighted by Crippen LogP contribution is 2.47. The number of nitrogens with zero attached hydrogens (tertiary/aromatic N) is 2. The maximum atomic E-state index is 13.2. The molecule has 3 heterocycles. The zero-order valence-corrected chi connectivity index (χ0v) is 19.8. The van der Waals surface area contributed by atoms with E-state index in [0.29, 0.717) is 18.2 Å². The van der Waals surface area contributed by atoms with Crippen molar-refractivity contribution in [3.05, 3.63) is 64.8 Å². The summed E-state index contributed by atoms with van der Waals surface area (Å²) in [6, 6.07) is 11.9. The van der Waals surface area contributed by atoms with E-state index in [0.717, 1.165) is 66.9 Å². The molecule has 5 rings (SSSR count). The van der Waals surface area contributed by atoms with E-state index in [4.69, 9.17) is 4.74 Å². The van der Waals surface area contributed by atoms with Crippen molar-refractivity contribution in [3.8, 4) is 5.75 Å². The van der Waals surface area contributed by atoms with Gasteiger partial charge in [-0.15, -0.1) is 0 Å². The van der Waals surface area contributed by atoms with Crippen LogP contribution >= 0.6 is 0 Å². The van der Waals surface area contributed by atoms with E-state index in [-0.39, 0.29) is 12.2 Å². The number of piperidine rings is 2. The largest absolute Gasteiger partial charge is 0.496 e. The molecule has 2 N–H and O–H groups in total. The highest BCUT2D eigenvalue weighted by Gasteiger charge is 2.48. The number of H-pyrrole nitrogens is 1. The van der Waals surface area contributed by atoms with Gasteiger partial charge in [0.2, 0.25) is 0 Å². The second-order valence-corrected chi connectivity index (χ2v) is 9.60. The average Bonchev–Trinajstić information content (AvgIpc) is 3.35. The Kier molecular flexibility index (Phi) is 6.08. The number of halogens is 1. The van der Waals surface area contributed by atoms with E-state index in [1.807, 2.05) is 18.3 Å². The number of rotatable bonds is 7. The Morgan fingerprint density at radius 3 is 2.76 bits per heavy atom. The minimum atomic E-state index is -0.917. The number of carboxylic acids is 1. The van der Waals surface area contributed by atoms with Gasteiger partial charge in [-0.1, -0.05) is 12.1 Å². The number of alkyl halides is 1. The van der Waals surface area contributed by atoms with Gasteiger partial charge in [0.25, 0.3) is 0 Å². The van der Waals surface area contributed by atoms with Crippen molar-refractivity contribution in [1.82, 2.24) is 14.8 Å². The fourth-order valence-electron chi connectivity index (χ4n) is 6.20. The summed E-state index contributed by atoms with van der Waals surface area (Å²) in [7, 11) is 1.72. The Hall–Kier alpha value is -2.90. The Morgan fingerprint density at radius 2 is 2.06 bits per heavy atom. The van der Waals surface area contributed by atoms with Gasteiger partial charge in [-0.05, 0) is 61.6 Å². The summed E-state index contributed by atoms with van der Waals surface area (Å²) in [6.07, 6.45) is 4.74. The van der Waals surface area contributed by atoms with Crippen molar-refractivity contribution in [1.29, 1.82) is 0 Å². The van der Waals surface area contributed by atoms with E-state index in [1.54, 1.807) is 19.2 Å². The Balaban J connectivity index is 1.56. The van der Waals surface area contributed by atoms with Crippen molar-refractivity contribution < 1.29 is 19.0 Å². The first kappa shape index (κ1) is 22.9. The number of carboxylic acid groups (broad SMARTS) is 1. The van der Waals surface area contributed by atoms with Gasteiger partial charge in [0, 0.05) is 60.4 Å². The first-order valence-corrected chi connectivity index (χ1v) is 12.0. The van der Waals surface area contributed by atoms with E-state index in [9.17, 15) is 14.3 Å². The summed E-state index contributed by atoms with van der Waals surface area (Å²) in [6.45, 7) is 4.69. The quantitative estimate of drug-likeness (QED) is 0.529. The first-order valence-electron chi connectivity index (χ1n) is 12.0. The fraction of sp³-hybridized carbons (Fsp3) is 0.444. The second-order valence-electron chi connectivity index (χ2n) is 9.60. The molecule has 0 radical (unpaired) electrons. The van der Waals surface area contributed by atoms with Gasteiger partial charge in [0.15, 0.2) is 0 Å². The molecule has 180 valence electrons. The number of hydrogen-bond acceptors (Lipinski definition) is 4. The van der Waals surface area contributed by atoms with Crippen LogP contribution in [0.2, 0.25) is 0 Å². The number of ether oxygens (including phenoxy) is 1. The minimum absolute atomic E-state index is 0.231. The van der Waals surface area contributed by atoms with Crippen LogP contribution in [0.15, 0.2) is 42.6 Å². The predicted molar refractivity (Wildman–Crippen MR) is 130 cm³/mol. The van der Waals surface area contributed by atoms with Gasteiger partial charge in [-0.25, -0.2) is 9.18 Å². The van der Waals surface area contributed by atoms with Crippen LogP contribution in [-0.2, 0) is 12.1 Å². The number of methoxy groups -OCH3 is 1. The molecule has 0 saturated carbocycles. The second kappa shape index (κ2) is 9.04. The third-order valence-corrected chi connectivity index (χ3v) is 7.96. The molecule has 34 heavy (non-hydrogen) atoms. The SMILES string of the molecule is COc1cc(C)c2[nH]ccc2c1CN1CC[C@H]2C[C@]1(c1ccc(C(=O)O)cc1)CCN2CCF. The molecule has 0 spiro atoms. The molecule has 3 aromatic rings. The van der Waals surface area contributed by atoms with Gasteiger partial charge >= 0.3 is 5.97 Å². The number of aromatic amines is 1. The molecule has 6 nitrogen and oxygen atoms in total. The van der Waals surface area contributed by atoms with Crippen LogP contribution in [0.3, 0.4) is 0 Å². The molecule has 2 aliphatic rings. The van der Waals surface area contributed by atoms with Crippen LogP contribution in [-0.4, -0.2) is 65.3 Å². The van der Waals surface area contributed by atoms with Gasteiger partial charge < -0.3 is 14.8 Å². The molecule has 2 aliphatic heterocycles. The van der Waals surface area contributed by atoms with Gasteiger partial charge in [-0.2, -0.15) is 0 Å². The topological polar surface area (TPSA) is 68.8 Å². The molecule has 7 heteroatoms. The van der Waals surface area contributed by atoms with Crippen LogP contribution < -0.4 is 4.74 Å². The van der Waals surface area contributed by atoms with Crippen LogP contribution in [0.1, 0.15) is 46.3 Å². The molecule has 0 unspecified atom stereocenters. The van der Waals surface area contributed by atoms with Crippen molar-refractivity contribution in [2.45, 2.75) is 44.3 Å². The molecule has 1 aromatic heterocycles. The van der Waals surface area contributed by atoms with Crippen LogP contribution in [0, 0.1) is 6.92 Å². The minimum Gasteiger partial charge on any atom is -0.496 e. The summed E-state index contributed by atoms with van der Waals surface area (Å²) in [5.41, 5.74) is 4.64. The normalized spacial score (nSPS) is 23.3. The lowest BCUT2D eigenvalue weighted by molar-refractivity contribution is -0.0612. The first-order chi connectivity index (χ1) is 16.5. The summed E-state index contributed by atoms with van der Waals surface area (Å²) < 4.78 is 19.0. The van der Waals surface area contributed by atoms with Crippen molar-refractivity contribution in [2.75, 3.05) is 33.4 Å². The van der Waals surface area contributed by atoms with E-state index < -0.39 is 5.97 Å². The standard InChI is InChI=1S/C27H32FN3O3/c1-18-15-24(34-2)23(22-7-11-29-25(18)22)17-31-12-8-21-16-27(31,9-13-30(21)14-10-28)20-5-3-19(4-6-20)26(32)33/h3-7,11,15,21,29H,8-10,12-14,16-17H2,1-2H3,(H,32,33)/t21-,27-/m0/s1. The number of benzene rings is 2. The maximum absolute atomic E-state index is 13.2.